The van der Waals surface area contributed by atoms with Gasteiger partial charge >= 0.3 is 0 Å². The van der Waals surface area contributed by atoms with Crippen LogP contribution >= 0.6 is 0 Å². The van der Waals surface area contributed by atoms with Crippen molar-refractivity contribution in [1.29, 1.82) is 0 Å². The molecule has 1 aliphatic carbocycles. The molecule has 3 aromatic rings. The summed E-state index contributed by atoms with van der Waals surface area (Å²) in [6.45, 7) is 3.23. The standard InChI is InChI=1S/C27H30N2O4/c1-17-6-4-7-18-14-19(16-29(20-9-10-20)27(30)24-8-5-13-33-24)26(28-25(17)18)22-15-21(31-2)11-12-23(22)32-3/h4,6-7,11-12,14-15,20,24H,5,8-10,13,16H2,1-3H3/t24-/m1/s1. The Morgan fingerprint density at radius 3 is 2.67 bits per heavy atom. The van der Waals surface area contributed by atoms with E-state index in [1.165, 1.54) is 0 Å². The van der Waals surface area contributed by atoms with Crippen LogP contribution in [0.5, 0.6) is 11.5 Å². The number of aromatic nitrogens is 1. The molecule has 6 heteroatoms. The fourth-order valence-electron chi connectivity index (χ4n) is 4.66. The summed E-state index contributed by atoms with van der Waals surface area (Å²) in [5.74, 6) is 1.56. The molecule has 6 nitrogen and oxygen atoms in total. The van der Waals surface area contributed by atoms with E-state index in [0.29, 0.717) is 13.2 Å². The molecule has 1 atom stereocenters. The molecule has 2 fully saturated rings. The van der Waals surface area contributed by atoms with Crippen LogP contribution < -0.4 is 9.47 Å². The third-order valence-corrected chi connectivity index (χ3v) is 6.60. The topological polar surface area (TPSA) is 60.9 Å². The van der Waals surface area contributed by atoms with Crippen molar-refractivity contribution in [2.24, 2.45) is 0 Å². The van der Waals surface area contributed by atoms with E-state index in [2.05, 4.69) is 25.1 Å². The lowest BCUT2D eigenvalue weighted by molar-refractivity contribution is -0.142. The Kier molecular flexibility index (Phi) is 5.94. The number of fused-ring (bicyclic) bond motifs is 1. The number of hydrogen-bond donors (Lipinski definition) is 0. The number of pyridine rings is 1. The predicted octanol–water partition coefficient (Wildman–Crippen LogP) is 4.90. The first-order chi connectivity index (χ1) is 16.1. The van der Waals surface area contributed by atoms with E-state index >= 15 is 0 Å². The van der Waals surface area contributed by atoms with Gasteiger partial charge in [0.15, 0.2) is 0 Å². The fraction of sp³-hybridized carbons (Fsp3) is 0.407. The van der Waals surface area contributed by atoms with Gasteiger partial charge in [0.25, 0.3) is 5.91 Å². The number of carbonyl (C=O) groups is 1. The quantitative estimate of drug-likeness (QED) is 0.517. The van der Waals surface area contributed by atoms with Gasteiger partial charge in [-0.15, -0.1) is 0 Å². The number of amides is 1. The molecule has 1 aromatic heterocycles. The summed E-state index contributed by atoms with van der Waals surface area (Å²) in [7, 11) is 3.31. The van der Waals surface area contributed by atoms with Crippen LogP contribution in [0.15, 0.2) is 42.5 Å². The van der Waals surface area contributed by atoms with Crippen molar-refractivity contribution >= 4 is 16.8 Å². The van der Waals surface area contributed by atoms with Crippen LogP contribution in [0.1, 0.15) is 36.8 Å². The Bertz CT molecular complexity index is 1180. The minimum atomic E-state index is -0.323. The molecule has 2 aliphatic rings. The Labute approximate surface area is 194 Å². The molecule has 5 rings (SSSR count). The maximum absolute atomic E-state index is 13.4. The monoisotopic (exact) mass is 446 g/mol. The first-order valence-electron chi connectivity index (χ1n) is 11.6. The molecule has 1 amide bonds. The van der Waals surface area contributed by atoms with Crippen LogP contribution in [0, 0.1) is 6.92 Å². The fourth-order valence-corrected chi connectivity index (χ4v) is 4.66. The van der Waals surface area contributed by atoms with Crippen LogP contribution in [0.25, 0.3) is 22.2 Å². The van der Waals surface area contributed by atoms with Crippen molar-refractivity contribution in [3.63, 3.8) is 0 Å². The van der Waals surface area contributed by atoms with Crippen LogP contribution in [-0.4, -0.2) is 48.8 Å². The van der Waals surface area contributed by atoms with Crippen LogP contribution in [0.2, 0.25) is 0 Å². The zero-order valence-corrected chi connectivity index (χ0v) is 19.5. The molecule has 0 bridgehead atoms. The van der Waals surface area contributed by atoms with Crippen molar-refractivity contribution in [1.82, 2.24) is 9.88 Å². The maximum atomic E-state index is 13.4. The van der Waals surface area contributed by atoms with Gasteiger partial charge in [-0.2, -0.15) is 0 Å². The minimum Gasteiger partial charge on any atom is -0.497 e. The number of hydrogen-bond acceptors (Lipinski definition) is 5. The van der Waals surface area contributed by atoms with E-state index < -0.39 is 0 Å². The highest BCUT2D eigenvalue weighted by Crippen LogP contribution is 2.38. The van der Waals surface area contributed by atoms with E-state index in [0.717, 1.165) is 70.5 Å². The second-order valence-corrected chi connectivity index (χ2v) is 8.91. The van der Waals surface area contributed by atoms with E-state index in [-0.39, 0.29) is 18.1 Å². The molecule has 0 radical (unpaired) electrons. The van der Waals surface area contributed by atoms with Gasteiger partial charge < -0.3 is 19.1 Å². The number of carbonyl (C=O) groups excluding carboxylic acids is 1. The van der Waals surface area contributed by atoms with Gasteiger partial charge in [-0.25, -0.2) is 4.98 Å². The molecule has 1 aliphatic heterocycles. The van der Waals surface area contributed by atoms with E-state index in [9.17, 15) is 4.79 Å². The van der Waals surface area contributed by atoms with Gasteiger partial charge in [-0.3, -0.25) is 4.79 Å². The Hall–Kier alpha value is -3.12. The summed E-state index contributed by atoms with van der Waals surface area (Å²) in [6, 6.07) is 14.4. The predicted molar refractivity (Wildman–Crippen MR) is 128 cm³/mol. The lowest BCUT2D eigenvalue weighted by atomic mass is 10.00. The average molecular weight is 447 g/mol. The molecule has 0 spiro atoms. The Balaban J connectivity index is 1.64. The van der Waals surface area contributed by atoms with Gasteiger partial charge in [-0.1, -0.05) is 18.2 Å². The number of nitrogens with zero attached hydrogens (tertiary/aromatic N) is 2. The van der Waals surface area contributed by atoms with Crippen molar-refractivity contribution < 1.29 is 19.0 Å². The first kappa shape index (κ1) is 21.7. The summed E-state index contributed by atoms with van der Waals surface area (Å²) in [6.07, 6.45) is 3.49. The van der Waals surface area contributed by atoms with Gasteiger partial charge in [0, 0.05) is 30.1 Å². The SMILES string of the molecule is COc1ccc(OC)c(-c2nc3c(C)cccc3cc2CN(C(=O)[C@H]2CCCO2)C2CC2)c1. The molecule has 0 unspecified atom stereocenters. The summed E-state index contributed by atoms with van der Waals surface area (Å²) in [5, 5.41) is 1.07. The Morgan fingerprint density at radius 1 is 1.12 bits per heavy atom. The second kappa shape index (κ2) is 9.02. The second-order valence-electron chi connectivity index (χ2n) is 8.91. The highest BCUT2D eigenvalue weighted by atomic mass is 16.5. The van der Waals surface area contributed by atoms with Crippen LogP contribution in [0.4, 0.5) is 0 Å². The lowest BCUT2D eigenvalue weighted by Gasteiger charge is -2.26. The lowest BCUT2D eigenvalue weighted by Crippen LogP contribution is -2.40. The summed E-state index contributed by atoms with van der Waals surface area (Å²) < 4.78 is 16.9. The van der Waals surface area contributed by atoms with Crippen LogP contribution in [0.3, 0.4) is 0 Å². The Morgan fingerprint density at radius 2 is 1.97 bits per heavy atom. The maximum Gasteiger partial charge on any atom is 0.252 e. The molecule has 0 N–H and O–H groups in total. The number of rotatable bonds is 7. The normalized spacial score (nSPS) is 17.8. The van der Waals surface area contributed by atoms with E-state index in [1.807, 2.05) is 29.2 Å². The smallest absolute Gasteiger partial charge is 0.252 e. The van der Waals surface area contributed by atoms with Gasteiger partial charge in [0.1, 0.15) is 17.6 Å². The van der Waals surface area contributed by atoms with Crippen molar-refractivity contribution in [3.05, 3.63) is 53.6 Å². The minimum absolute atomic E-state index is 0.0999. The van der Waals surface area contributed by atoms with E-state index in [4.69, 9.17) is 19.2 Å². The third-order valence-electron chi connectivity index (χ3n) is 6.60. The zero-order chi connectivity index (χ0) is 22.9. The average Bonchev–Trinajstić information content (AvgIpc) is 3.53. The summed E-state index contributed by atoms with van der Waals surface area (Å²) in [5.41, 5.74) is 4.73. The highest BCUT2D eigenvalue weighted by Gasteiger charge is 2.38. The molecular weight excluding hydrogens is 416 g/mol. The first-order valence-corrected chi connectivity index (χ1v) is 11.6. The molecule has 2 aromatic carbocycles. The summed E-state index contributed by atoms with van der Waals surface area (Å²) >= 11 is 0. The number of benzene rings is 2. The van der Waals surface area contributed by atoms with Crippen molar-refractivity contribution in [3.8, 4) is 22.8 Å². The molecule has 2 heterocycles. The number of methoxy groups -OCH3 is 2. The van der Waals surface area contributed by atoms with Crippen molar-refractivity contribution in [2.45, 2.75) is 51.3 Å². The summed E-state index contributed by atoms with van der Waals surface area (Å²) in [4.78, 5) is 20.5. The molecule has 33 heavy (non-hydrogen) atoms. The highest BCUT2D eigenvalue weighted by molar-refractivity contribution is 5.88. The number of ether oxygens (including phenoxy) is 3. The van der Waals surface area contributed by atoms with Crippen molar-refractivity contribution in [2.75, 3.05) is 20.8 Å². The molecule has 172 valence electrons. The van der Waals surface area contributed by atoms with Gasteiger partial charge in [0.2, 0.25) is 0 Å². The zero-order valence-electron chi connectivity index (χ0n) is 19.5. The third kappa shape index (κ3) is 4.27. The molecule has 1 saturated carbocycles. The molecular formula is C27H30N2O4. The largest absolute Gasteiger partial charge is 0.497 e. The van der Waals surface area contributed by atoms with Crippen LogP contribution in [-0.2, 0) is 16.1 Å². The van der Waals surface area contributed by atoms with Gasteiger partial charge in [0.05, 0.1) is 25.4 Å². The van der Waals surface area contributed by atoms with E-state index in [1.54, 1.807) is 14.2 Å². The number of para-hydroxylation sites is 1. The molecule has 1 saturated heterocycles. The number of aryl methyl sites for hydroxylation is 1. The van der Waals surface area contributed by atoms with Gasteiger partial charge in [-0.05, 0) is 68.0 Å².